The zero-order valence-electron chi connectivity index (χ0n) is 12.2. The monoisotopic (exact) mass is 306 g/mol. The molecule has 2 fully saturated rings. The van der Waals surface area contributed by atoms with Gasteiger partial charge in [0.05, 0.1) is 0 Å². The first-order valence-electron chi connectivity index (χ1n) is 7.64. The smallest absolute Gasteiger partial charge is 0.256 e. The molecule has 1 saturated heterocycles. The second-order valence-electron chi connectivity index (χ2n) is 5.84. The highest BCUT2D eigenvalue weighted by Crippen LogP contribution is 2.31. The van der Waals surface area contributed by atoms with E-state index in [9.17, 15) is 9.90 Å². The third kappa shape index (κ3) is 3.35. The Balaban J connectivity index is 1.62. The van der Waals surface area contributed by atoms with Crippen LogP contribution in [-0.2, 0) is 4.79 Å². The first-order chi connectivity index (χ1) is 10.2. The van der Waals surface area contributed by atoms with Crippen molar-refractivity contribution in [2.24, 2.45) is 0 Å². The van der Waals surface area contributed by atoms with Crippen LogP contribution in [0.25, 0.3) is 0 Å². The van der Waals surface area contributed by atoms with Crippen LogP contribution in [0.1, 0.15) is 25.7 Å². The lowest BCUT2D eigenvalue weighted by Gasteiger charge is -2.28. The van der Waals surface area contributed by atoms with E-state index in [0.717, 1.165) is 31.6 Å². The van der Waals surface area contributed by atoms with Gasteiger partial charge in [-0.3, -0.25) is 4.79 Å². The Labute approximate surface area is 129 Å². The van der Waals surface area contributed by atoms with Gasteiger partial charge in [-0.25, -0.2) is 0 Å². The maximum atomic E-state index is 12.1. The van der Waals surface area contributed by atoms with Crippen molar-refractivity contribution in [1.29, 1.82) is 0 Å². The van der Waals surface area contributed by atoms with Crippen molar-refractivity contribution < 1.29 is 9.90 Å². The van der Waals surface area contributed by atoms with Crippen LogP contribution in [0.15, 0.2) is 24.3 Å². The Hall–Kier alpha value is -1.20. The summed E-state index contributed by atoms with van der Waals surface area (Å²) in [5.41, 5.74) is 0.797. The number of aliphatic hydroxyl groups is 1. The van der Waals surface area contributed by atoms with Crippen LogP contribution in [0.4, 0.5) is 11.4 Å². The molecule has 0 unspecified atom stereocenters. The first-order valence-corrected chi connectivity index (χ1v) is 8.79. The predicted molar refractivity (Wildman–Crippen MR) is 88.0 cm³/mol. The highest BCUT2D eigenvalue weighted by atomic mass is 32.2. The number of hydrogen-bond donors (Lipinski definition) is 2. The van der Waals surface area contributed by atoms with E-state index < -0.39 is 5.60 Å². The molecule has 1 heterocycles. The molecule has 3 rings (SSSR count). The number of benzene rings is 1. The van der Waals surface area contributed by atoms with E-state index in [-0.39, 0.29) is 5.91 Å². The van der Waals surface area contributed by atoms with Crippen molar-refractivity contribution in [2.75, 3.05) is 34.8 Å². The van der Waals surface area contributed by atoms with Gasteiger partial charge in [-0.1, -0.05) is 0 Å². The molecule has 0 spiro atoms. The molecule has 0 aromatic heterocycles. The summed E-state index contributed by atoms with van der Waals surface area (Å²) in [7, 11) is 0. The van der Waals surface area contributed by atoms with Gasteiger partial charge in [-0.05, 0) is 49.9 Å². The van der Waals surface area contributed by atoms with Crippen molar-refractivity contribution in [3.05, 3.63) is 24.3 Å². The molecular formula is C16H22N2O2S. The molecular weight excluding hydrogens is 284 g/mol. The van der Waals surface area contributed by atoms with Gasteiger partial charge in [0.2, 0.25) is 0 Å². The van der Waals surface area contributed by atoms with Crippen molar-refractivity contribution >= 4 is 29.0 Å². The SMILES string of the molecule is O=C(Nc1ccc(N2CCSCC2)cc1)C1(O)CCCC1. The highest BCUT2D eigenvalue weighted by Gasteiger charge is 2.38. The van der Waals surface area contributed by atoms with Gasteiger partial charge in [-0.2, -0.15) is 11.8 Å². The summed E-state index contributed by atoms with van der Waals surface area (Å²) in [6.07, 6.45) is 3.00. The number of rotatable bonds is 3. The summed E-state index contributed by atoms with van der Waals surface area (Å²) in [6.45, 7) is 2.16. The second-order valence-corrected chi connectivity index (χ2v) is 7.06. The molecule has 2 aliphatic rings. The molecule has 1 saturated carbocycles. The number of anilines is 2. The van der Waals surface area contributed by atoms with Crippen LogP contribution in [0.2, 0.25) is 0 Å². The standard InChI is InChI=1S/C16H22N2O2S/c19-15(16(20)7-1-2-8-16)17-13-3-5-14(6-4-13)18-9-11-21-12-10-18/h3-6,20H,1-2,7-12H2,(H,17,19). The van der Waals surface area contributed by atoms with E-state index in [2.05, 4.69) is 10.2 Å². The van der Waals surface area contributed by atoms with Crippen molar-refractivity contribution in [3.8, 4) is 0 Å². The van der Waals surface area contributed by atoms with Crippen LogP contribution in [0.3, 0.4) is 0 Å². The number of nitrogens with one attached hydrogen (secondary N) is 1. The predicted octanol–water partition coefficient (Wildman–Crippen LogP) is 2.48. The van der Waals surface area contributed by atoms with E-state index in [1.165, 1.54) is 17.2 Å². The van der Waals surface area contributed by atoms with Crippen LogP contribution in [-0.4, -0.2) is 41.2 Å². The zero-order valence-corrected chi connectivity index (χ0v) is 13.0. The summed E-state index contributed by atoms with van der Waals surface area (Å²) >= 11 is 1.99. The number of carbonyl (C=O) groups excluding carboxylic acids is 1. The Kier molecular flexibility index (Phi) is 4.40. The average Bonchev–Trinajstić information content (AvgIpc) is 2.97. The minimum atomic E-state index is -1.16. The molecule has 0 radical (unpaired) electrons. The minimum Gasteiger partial charge on any atom is -0.380 e. The summed E-state index contributed by atoms with van der Waals surface area (Å²) in [6, 6.07) is 7.94. The Bertz CT molecular complexity index is 492. The lowest BCUT2D eigenvalue weighted by molar-refractivity contribution is -0.133. The molecule has 1 aliphatic carbocycles. The fourth-order valence-electron chi connectivity index (χ4n) is 3.01. The normalized spacial score (nSPS) is 21.3. The third-order valence-electron chi connectivity index (χ3n) is 4.35. The fraction of sp³-hybridized carbons (Fsp3) is 0.562. The summed E-state index contributed by atoms with van der Waals surface area (Å²) in [5, 5.41) is 13.1. The summed E-state index contributed by atoms with van der Waals surface area (Å²) in [5.74, 6) is 2.08. The van der Waals surface area contributed by atoms with Crippen LogP contribution in [0.5, 0.6) is 0 Å². The molecule has 1 aromatic rings. The van der Waals surface area contributed by atoms with E-state index in [0.29, 0.717) is 12.8 Å². The van der Waals surface area contributed by atoms with Gasteiger partial charge in [0.1, 0.15) is 5.60 Å². The average molecular weight is 306 g/mol. The number of carbonyl (C=O) groups is 1. The van der Waals surface area contributed by atoms with Crippen molar-refractivity contribution in [3.63, 3.8) is 0 Å². The number of amides is 1. The van der Waals surface area contributed by atoms with Crippen molar-refractivity contribution in [1.82, 2.24) is 0 Å². The van der Waals surface area contributed by atoms with Gasteiger partial charge in [0, 0.05) is 36.0 Å². The molecule has 1 amide bonds. The highest BCUT2D eigenvalue weighted by molar-refractivity contribution is 7.99. The van der Waals surface area contributed by atoms with Gasteiger partial charge in [0.25, 0.3) is 5.91 Å². The Morgan fingerprint density at radius 1 is 1.14 bits per heavy atom. The molecule has 2 N–H and O–H groups in total. The van der Waals surface area contributed by atoms with Gasteiger partial charge < -0.3 is 15.3 Å². The quantitative estimate of drug-likeness (QED) is 0.901. The Morgan fingerprint density at radius 2 is 1.76 bits per heavy atom. The number of nitrogens with zero attached hydrogens (tertiary/aromatic N) is 1. The molecule has 0 atom stereocenters. The van der Waals surface area contributed by atoms with Gasteiger partial charge >= 0.3 is 0 Å². The second kappa shape index (κ2) is 6.28. The van der Waals surface area contributed by atoms with Gasteiger partial charge in [0.15, 0.2) is 0 Å². The number of hydrogen-bond acceptors (Lipinski definition) is 4. The lowest BCUT2D eigenvalue weighted by atomic mass is 10.0. The zero-order chi connectivity index (χ0) is 14.7. The van der Waals surface area contributed by atoms with E-state index >= 15 is 0 Å². The molecule has 1 aromatic carbocycles. The molecule has 0 bridgehead atoms. The number of thioether (sulfide) groups is 1. The van der Waals surface area contributed by atoms with Crippen molar-refractivity contribution in [2.45, 2.75) is 31.3 Å². The van der Waals surface area contributed by atoms with Crippen LogP contribution >= 0.6 is 11.8 Å². The Morgan fingerprint density at radius 3 is 2.38 bits per heavy atom. The topological polar surface area (TPSA) is 52.6 Å². The van der Waals surface area contributed by atoms with E-state index in [1.807, 2.05) is 36.0 Å². The minimum absolute atomic E-state index is 0.262. The maximum absolute atomic E-state index is 12.1. The largest absolute Gasteiger partial charge is 0.380 e. The summed E-state index contributed by atoms with van der Waals surface area (Å²) < 4.78 is 0. The molecule has 5 heteroatoms. The lowest BCUT2D eigenvalue weighted by Crippen LogP contribution is -2.40. The first kappa shape index (κ1) is 14.7. The third-order valence-corrected chi connectivity index (χ3v) is 5.30. The fourth-order valence-corrected chi connectivity index (χ4v) is 3.91. The van der Waals surface area contributed by atoms with E-state index in [1.54, 1.807) is 0 Å². The maximum Gasteiger partial charge on any atom is 0.256 e. The van der Waals surface area contributed by atoms with Gasteiger partial charge in [-0.15, -0.1) is 0 Å². The molecule has 21 heavy (non-hydrogen) atoms. The molecule has 1 aliphatic heterocycles. The summed E-state index contributed by atoms with van der Waals surface area (Å²) in [4.78, 5) is 14.5. The van der Waals surface area contributed by atoms with Crippen LogP contribution < -0.4 is 10.2 Å². The van der Waals surface area contributed by atoms with E-state index in [4.69, 9.17) is 0 Å². The van der Waals surface area contributed by atoms with Crippen LogP contribution in [0, 0.1) is 0 Å². The molecule has 114 valence electrons. The molecule has 4 nitrogen and oxygen atoms in total.